The Kier molecular flexibility index (Phi) is 20.5. The van der Waals surface area contributed by atoms with Crippen molar-refractivity contribution in [3.05, 3.63) is 130 Å². The Balaban J connectivity index is 1.39. The van der Waals surface area contributed by atoms with Gasteiger partial charge in [-0.1, -0.05) is 76.2 Å². The standard InChI is InChI=1S/C58H76N12O4/c1-7-13-15-17-25-61-55-65-53(59)67-57(69-55)63-47-35-43-31-39-21-19-23-41(49(39)71-27-9-3)33-45-37-48(64-58-68-54(60)66-56(70-58)62-26-18-16-14-8-2)38-46(52(45)74-30-12-6)34-42-24-20-22-40(50(42)72-28-10-4)32-44(36-47)51(43)73-29-11-5/h7-8,19-24,35-38H,1-2,9-18,25-34H2,3-6H3,(H4,59,61,63,65,67,69)(H4,60,62,64,66,68,70). The monoisotopic (exact) mass is 1000 g/mol. The Morgan fingerprint density at radius 3 is 1.07 bits per heavy atom. The summed E-state index contributed by atoms with van der Waals surface area (Å²) in [5, 5.41) is 13.6. The molecule has 0 saturated carbocycles. The number of aromatic nitrogens is 6. The van der Waals surface area contributed by atoms with E-state index in [9.17, 15) is 0 Å². The van der Waals surface area contributed by atoms with Crippen LogP contribution < -0.4 is 51.7 Å². The molecule has 16 nitrogen and oxygen atoms in total. The van der Waals surface area contributed by atoms with Crippen LogP contribution in [-0.4, -0.2) is 69.4 Å². The van der Waals surface area contributed by atoms with Crippen LogP contribution in [0.3, 0.4) is 0 Å². The minimum Gasteiger partial charge on any atom is -0.493 e. The zero-order valence-corrected chi connectivity index (χ0v) is 44.0. The van der Waals surface area contributed by atoms with Crippen molar-refractivity contribution in [2.24, 2.45) is 0 Å². The quantitative estimate of drug-likeness (QED) is 0.0199. The molecule has 0 unspecified atom stereocenters. The molecule has 8 bridgehead atoms. The largest absolute Gasteiger partial charge is 0.493 e. The number of fused-ring (bicyclic) bond motifs is 8. The van der Waals surface area contributed by atoms with Crippen molar-refractivity contribution in [3.63, 3.8) is 0 Å². The van der Waals surface area contributed by atoms with Crippen LogP contribution in [-0.2, 0) is 25.7 Å². The predicted molar refractivity (Wildman–Crippen MR) is 300 cm³/mol. The summed E-state index contributed by atoms with van der Waals surface area (Å²) in [6, 6.07) is 21.3. The van der Waals surface area contributed by atoms with E-state index in [1.165, 1.54) is 0 Å². The topological polar surface area (TPSA) is 214 Å². The Morgan fingerprint density at radius 1 is 0.446 bits per heavy atom. The first-order valence-electron chi connectivity index (χ1n) is 26.5. The fourth-order valence-corrected chi connectivity index (χ4v) is 8.93. The number of allylic oxidation sites excluding steroid dienone is 2. The van der Waals surface area contributed by atoms with Crippen LogP contribution in [0.2, 0.25) is 0 Å². The molecule has 74 heavy (non-hydrogen) atoms. The summed E-state index contributed by atoms with van der Waals surface area (Å²) in [7, 11) is 0. The number of nitrogens with two attached hydrogens (primary N) is 2. The lowest BCUT2D eigenvalue weighted by molar-refractivity contribution is 0.304. The van der Waals surface area contributed by atoms with Gasteiger partial charge in [0.2, 0.25) is 35.7 Å². The molecule has 0 fully saturated rings. The minimum absolute atomic E-state index is 0.115. The van der Waals surface area contributed by atoms with Gasteiger partial charge in [-0.15, -0.1) is 13.2 Å². The number of hydrogen-bond donors (Lipinski definition) is 6. The van der Waals surface area contributed by atoms with Crippen molar-refractivity contribution < 1.29 is 18.9 Å². The van der Waals surface area contributed by atoms with Crippen molar-refractivity contribution in [3.8, 4) is 23.0 Å². The number of nitrogens with one attached hydrogen (secondary N) is 4. The number of nitrogen functional groups attached to an aromatic ring is 2. The normalized spacial score (nSPS) is 11.8. The third kappa shape index (κ3) is 15.2. The van der Waals surface area contributed by atoms with Gasteiger partial charge < -0.3 is 51.7 Å². The predicted octanol–water partition coefficient (Wildman–Crippen LogP) is 12.1. The van der Waals surface area contributed by atoms with Gasteiger partial charge in [0.15, 0.2) is 0 Å². The maximum Gasteiger partial charge on any atom is 0.233 e. The van der Waals surface area contributed by atoms with Crippen LogP contribution in [0, 0.1) is 0 Å². The van der Waals surface area contributed by atoms with Crippen LogP contribution in [0.15, 0.2) is 86.0 Å². The van der Waals surface area contributed by atoms with Crippen molar-refractivity contribution in [1.29, 1.82) is 0 Å². The Hall–Kier alpha value is -7.62. The van der Waals surface area contributed by atoms with Crippen LogP contribution in [0.4, 0.5) is 47.1 Å². The van der Waals surface area contributed by atoms with E-state index in [4.69, 9.17) is 40.4 Å². The summed E-state index contributed by atoms with van der Waals surface area (Å²) in [5.41, 5.74) is 22.1. The van der Waals surface area contributed by atoms with Crippen LogP contribution in [0.5, 0.6) is 23.0 Å². The van der Waals surface area contributed by atoms with E-state index in [0.717, 1.165) is 143 Å². The number of nitrogens with zero attached hydrogens (tertiary/aromatic N) is 6. The van der Waals surface area contributed by atoms with Crippen LogP contribution in [0.25, 0.3) is 0 Å². The molecule has 0 amide bonds. The molecule has 392 valence electrons. The molecule has 6 aromatic rings. The van der Waals surface area contributed by atoms with Gasteiger partial charge in [0.25, 0.3) is 0 Å². The van der Waals surface area contributed by atoms with Crippen LogP contribution in [0.1, 0.15) is 136 Å². The van der Waals surface area contributed by atoms with E-state index in [1.807, 2.05) is 12.2 Å². The van der Waals surface area contributed by atoms with Gasteiger partial charge in [-0.25, -0.2) is 0 Å². The molecule has 7 rings (SSSR count). The molecule has 0 atom stereocenters. The van der Waals surface area contributed by atoms with E-state index < -0.39 is 0 Å². The molecule has 0 aliphatic heterocycles. The average Bonchev–Trinajstić information content (AvgIpc) is 3.37. The van der Waals surface area contributed by atoms with E-state index in [1.54, 1.807) is 0 Å². The molecule has 1 aliphatic rings. The second-order valence-corrected chi connectivity index (χ2v) is 18.5. The summed E-state index contributed by atoms with van der Waals surface area (Å²) in [4.78, 5) is 27.3. The number of rotatable bonds is 28. The highest BCUT2D eigenvalue weighted by molar-refractivity contribution is 5.66. The highest BCUT2D eigenvalue weighted by Gasteiger charge is 2.24. The zero-order valence-electron chi connectivity index (χ0n) is 44.0. The molecule has 0 radical (unpaired) electrons. The summed E-state index contributed by atoms with van der Waals surface area (Å²) < 4.78 is 27.3. The van der Waals surface area contributed by atoms with Gasteiger partial charge in [0, 0.05) is 72.4 Å². The lowest BCUT2D eigenvalue weighted by Crippen LogP contribution is -2.12. The van der Waals surface area contributed by atoms with Gasteiger partial charge in [0.1, 0.15) is 23.0 Å². The van der Waals surface area contributed by atoms with Gasteiger partial charge in [-0.2, -0.15) is 29.9 Å². The van der Waals surface area contributed by atoms with E-state index in [2.05, 4.69) is 143 Å². The lowest BCUT2D eigenvalue weighted by atomic mass is 9.90. The SMILES string of the molecule is C=CCCCCNc1nc(N)nc(Nc2cc3c(OCCC)c(c2)Cc2cccc(c2OCCC)Cc2cc(Nc4nc(N)nc(NCCCCC=C)n4)cc(c2OCCC)Cc2cccc(c2OCCC)C3)n1. The second-order valence-electron chi connectivity index (χ2n) is 18.5. The molecular weight excluding hydrogens is 929 g/mol. The lowest BCUT2D eigenvalue weighted by Gasteiger charge is -2.24. The number of ether oxygens (including phenoxy) is 4. The van der Waals surface area contributed by atoms with E-state index in [0.29, 0.717) is 89.0 Å². The number of hydrogen-bond acceptors (Lipinski definition) is 16. The maximum atomic E-state index is 6.82. The van der Waals surface area contributed by atoms with Crippen molar-refractivity contribution in [2.45, 2.75) is 118 Å². The molecule has 1 aliphatic carbocycles. The van der Waals surface area contributed by atoms with Gasteiger partial charge >= 0.3 is 0 Å². The van der Waals surface area contributed by atoms with Gasteiger partial charge in [-0.05, 0) is 111 Å². The molecule has 8 N–H and O–H groups in total. The average molecular weight is 1010 g/mol. The third-order valence-electron chi connectivity index (χ3n) is 12.2. The fraction of sp³-hybridized carbons (Fsp3) is 0.414. The molecule has 2 heterocycles. The third-order valence-corrected chi connectivity index (χ3v) is 12.2. The first kappa shape index (κ1) is 54.2. The first-order valence-corrected chi connectivity index (χ1v) is 26.5. The summed E-state index contributed by atoms with van der Waals surface area (Å²) >= 11 is 0. The minimum atomic E-state index is 0.115. The highest BCUT2D eigenvalue weighted by atomic mass is 16.5. The van der Waals surface area contributed by atoms with Crippen molar-refractivity contribution in [2.75, 3.05) is 72.3 Å². The molecule has 2 aromatic heterocycles. The summed E-state index contributed by atoms with van der Waals surface area (Å²) in [6.07, 6.45) is 15.0. The molecule has 16 heteroatoms. The Labute approximate surface area is 437 Å². The molecule has 0 spiro atoms. The first-order chi connectivity index (χ1) is 36.2. The van der Waals surface area contributed by atoms with Gasteiger partial charge in [-0.3, -0.25) is 0 Å². The van der Waals surface area contributed by atoms with E-state index in [-0.39, 0.29) is 11.9 Å². The number of unbranched alkanes of at least 4 members (excludes halogenated alkanes) is 4. The van der Waals surface area contributed by atoms with Crippen molar-refractivity contribution >= 4 is 47.1 Å². The summed E-state index contributed by atoms with van der Waals surface area (Å²) in [6.45, 7) is 19.7. The number of benzene rings is 4. The van der Waals surface area contributed by atoms with Gasteiger partial charge in [0.05, 0.1) is 26.4 Å². The molecule has 0 saturated heterocycles. The Bertz CT molecular complexity index is 2520. The van der Waals surface area contributed by atoms with Crippen molar-refractivity contribution in [1.82, 2.24) is 29.9 Å². The number of anilines is 8. The summed E-state index contributed by atoms with van der Waals surface area (Å²) in [5.74, 6) is 5.00. The second kappa shape index (κ2) is 28.0. The highest BCUT2D eigenvalue weighted by Crippen LogP contribution is 2.42. The Morgan fingerprint density at radius 2 is 0.757 bits per heavy atom. The van der Waals surface area contributed by atoms with E-state index >= 15 is 0 Å². The van der Waals surface area contributed by atoms with Crippen LogP contribution >= 0.6 is 0 Å². The molecular formula is C58H76N12O4. The fourth-order valence-electron chi connectivity index (χ4n) is 8.93. The zero-order chi connectivity index (χ0) is 52.1. The number of para-hydroxylation sites is 2. The maximum absolute atomic E-state index is 6.82. The molecule has 4 aromatic carbocycles. The smallest absolute Gasteiger partial charge is 0.233 e.